The van der Waals surface area contributed by atoms with Crippen LogP contribution in [0, 0.1) is 11.8 Å². The van der Waals surface area contributed by atoms with Gasteiger partial charge < -0.3 is 0 Å². The van der Waals surface area contributed by atoms with E-state index >= 15 is 0 Å². The molecule has 1 atom stereocenters. The van der Waals surface area contributed by atoms with Gasteiger partial charge in [-0.1, -0.05) is 40.0 Å². The quantitative estimate of drug-likeness (QED) is 0.611. The summed E-state index contributed by atoms with van der Waals surface area (Å²) in [7, 11) is 3.17. The Morgan fingerprint density at radius 1 is 1.27 bits per heavy atom. The lowest BCUT2D eigenvalue weighted by molar-refractivity contribution is -0.169. The molecule has 0 spiro atoms. The molecule has 0 aromatic carbocycles. The molecule has 0 saturated heterocycles. The highest BCUT2D eigenvalue weighted by molar-refractivity contribution is 5.74. The number of carbonyl (C=O) groups excluding carboxylic acids is 1. The molecule has 0 fully saturated rings. The van der Waals surface area contributed by atoms with Crippen LogP contribution in [0.5, 0.6) is 0 Å². The molecule has 0 radical (unpaired) electrons. The third-order valence-electron chi connectivity index (χ3n) is 2.63. The van der Waals surface area contributed by atoms with Crippen molar-refractivity contribution in [2.24, 2.45) is 11.8 Å². The van der Waals surface area contributed by atoms with Crippen molar-refractivity contribution in [3.63, 3.8) is 0 Å². The summed E-state index contributed by atoms with van der Waals surface area (Å²) in [5.74, 6) is 1.28. The monoisotopic (exact) mass is 215 g/mol. The molecule has 0 aliphatic rings. The Morgan fingerprint density at radius 3 is 2.33 bits per heavy atom. The average molecular weight is 215 g/mol. The van der Waals surface area contributed by atoms with Crippen molar-refractivity contribution in [2.75, 3.05) is 14.2 Å². The third-order valence-corrected chi connectivity index (χ3v) is 2.63. The minimum atomic E-state index is 0.0644. The van der Waals surface area contributed by atoms with Crippen molar-refractivity contribution < 1.29 is 9.63 Å². The van der Waals surface area contributed by atoms with Gasteiger partial charge in [-0.25, -0.2) is 5.06 Å². The van der Waals surface area contributed by atoms with Gasteiger partial charge in [0.1, 0.15) is 0 Å². The molecule has 0 N–H and O–H groups in total. The van der Waals surface area contributed by atoms with Crippen LogP contribution < -0.4 is 0 Å². The Bertz CT molecular complexity index is 180. The Hall–Kier alpha value is -0.570. The largest absolute Gasteiger partial charge is 0.275 e. The lowest BCUT2D eigenvalue weighted by atomic mass is 9.97. The van der Waals surface area contributed by atoms with Crippen LogP contribution in [0.2, 0.25) is 0 Å². The minimum Gasteiger partial charge on any atom is -0.275 e. The summed E-state index contributed by atoms with van der Waals surface area (Å²) in [4.78, 5) is 16.3. The topological polar surface area (TPSA) is 29.5 Å². The van der Waals surface area contributed by atoms with E-state index in [0.29, 0.717) is 12.3 Å². The van der Waals surface area contributed by atoms with Gasteiger partial charge in [0.15, 0.2) is 0 Å². The summed E-state index contributed by atoms with van der Waals surface area (Å²) < 4.78 is 0. The molecule has 0 bridgehead atoms. The fraction of sp³-hybridized carbons (Fsp3) is 0.917. The van der Waals surface area contributed by atoms with Crippen LogP contribution >= 0.6 is 0 Å². The zero-order valence-corrected chi connectivity index (χ0v) is 10.7. The molecule has 90 valence electrons. The zero-order chi connectivity index (χ0) is 11.8. The fourth-order valence-electron chi connectivity index (χ4n) is 1.51. The van der Waals surface area contributed by atoms with E-state index < -0.39 is 0 Å². The standard InChI is InChI=1S/C12H25NO2/c1-10(2)7-6-8-11(3)9-12(14)13(4)15-5/h10-11H,6-9H2,1-5H3/t11-/m0/s1. The second kappa shape index (κ2) is 7.69. The minimum absolute atomic E-state index is 0.0644. The Kier molecular flexibility index (Phi) is 7.39. The molecule has 0 aromatic heterocycles. The lowest BCUT2D eigenvalue weighted by Gasteiger charge is -2.17. The molecule has 15 heavy (non-hydrogen) atoms. The summed E-state index contributed by atoms with van der Waals surface area (Å²) in [6, 6.07) is 0. The first kappa shape index (κ1) is 14.4. The van der Waals surface area contributed by atoms with Crippen molar-refractivity contribution in [1.29, 1.82) is 0 Å². The molecule has 0 aliphatic heterocycles. The highest BCUT2D eigenvalue weighted by Gasteiger charge is 2.12. The van der Waals surface area contributed by atoms with Crippen molar-refractivity contribution in [1.82, 2.24) is 5.06 Å². The molecule has 3 heteroatoms. The zero-order valence-electron chi connectivity index (χ0n) is 10.7. The maximum absolute atomic E-state index is 11.5. The number of carbonyl (C=O) groups is 1. The lowest BCUT2D eigenvalue weighted by Crippen LogP contribution is -2.26. The summed E-state index contributed by atoms with van der Waals surface area (Å²) in [6.45, 7) is 6.59. The highest BCUT2D eigenvalue weighted by Crippen LogP contribution is 2.15. The van der Waals surface area contributed by atoms with Crippen LogP contribution in [0.3, 0.4) is 0 Å². The van der Waals surface area contributed by atoms with Gasteiger partial charge in [-0.2, -0.15) is 0 Å². The summed E-state index contributed by atoms with van der Waals surface area (Å²) in [5, 5.41) is 1.30. The molecule has 0 aromatic rings. The van der Waals surface area contributed by atoms with E-state index in [0.717, 1.165) is 12.3 Å². The van der Waals surface area contributed by atoms with E-state index in [2.05, 4.69) is 20.8 Å². The van der Waals surface area contributed by atoms with Crippen molar-refractivity contribution in [2.45, 2.75) is 46.5 Å². The molecule has 0 aliphatic carbocycles. The number of hydrogen-bond donors (Lipinski definition) is 0. The SMILES string of the molecule is CON(C)C(=O)C[C@@H](C)CCCC(C)C. The number of hydrogen-bond acceptors (Lipinski definition) is 2. The smallest absolute Gasteiger partial charge is 0.246 e. The molecular formula is C12H25NO2. The van der Waals surface area contributed by atoms with Crippen LogP contribution in [-0.4, -0.2) is 25.1 Å². The van der Waals surface area contributed by atoms with E-state index in [1.807, 2.05) is 0 Å². The summed E-state index contributed by atoms with van der Waals surface area (Å²) in [5.41, 5.74) is 0. The van der Waals surface area contributed by atoms with E-state index in [1.54, 1.807) is 7.05 Å². The van der Waals surface area contributed by atoms with E-state index in [9.17, 15) is 4.79 Å². The molecule has 3 nitrogen and oxygen atoms in total. The van der Waals surface area contributed by atoms with Gasteiger partial charge in [0.2, 0.25) is 5.91 Å². The predicted molar refractivity (Wildman–Crippen MR) is 62.2 cm³/mol. The molecule has 0 saturated carbocycles. The summed E-state index contributed by atoms with van der Waals surface area (Å²) >= 11 is 0. The van der Waals surface area contributed by atoms with Gasteiger partial charge in [-0.15, -0.1) is 0 Å². The second-order valence-corrected chi connectivity index (χ2v) is 4.71. The molecule has 1 amide bonds. The average Bonchev–Trinajstić information content (AvgIpc) is 2.15. The number of amides is 1. The first-order valence-corrected chi connectivity index (χ1v) is 5.78. The fourth-order valence-corrected chi connectivity index (χ4v) is 1.51. The van der Waals surface area contributed by atoms with Crippen molar-refractivity contribution in [3.05, 3.63) is 0 Å². The first-order chi connectivity index (χ1) is 6.97. The Morgan fingerprint density at radius 2 is 1.87 bits per heavy atom. The predicted octanol–water partition coefficient (Wildman–Crippen LogP) is 2.86. The molecule has 0 heterocycles. The van der Waals surface area contributed by atoms with Gasteiger partial charge in [0, 0.05) is 13.5 Å². The number of nitrogens with zero attached hydrogens (tertiary/aromatic N) is 1. The number of rotatable bonds is 7. The maximum atomic E-state index is 11.5. The Balaban J connectivity index is 3.64. The third kappa shape index (κ3) is 7.37. The van der Waals surface area contributed by atoms with Crippen molar-refractivity contribution in [3.8, 4) is 0 Å². The summed E-state index contributed by atoms with van der Waals surface area (Å²) in [6.07, 6.45) is 4.17. The van der Waals surface area contributed by atoms with E-state index in [4.69, 9.17) is 4.84 Å². The van der Waals surface area contributed by atoms with Gasteiger partial charge in [0.05, 0.1) is 7.11 Å². The molecule has 0 rings (SSSR count). The molecular weight excluding hydrogens is 190 g/mol. The maximum Gasteiger partial charge on any atom is 0.246 e. The first-order valence-electron chi connectivity index (χ1n) is 5.78. The molecule has 0 unspecified atom stereocenters. The van der Waals surface area contributed by atoms with E-state index in [-0.39, 0.29) is 5.91 Å². The van der Waals surface area contributed by atoms with Gasteiger partial charge in [-0.3, -0.25) is 9.63 Å². The van der Waals surface area contributed by atoms with Crippen molar-refractivity contribution >= 4 is 5.91 Å². The second-order valence-electron chi connectivity index (χ2n) is 4.71. The van der Waals surface area contributed by atoms with Gasteiger partial charge in [0.25, 0.3) is 0 Å². The van der Waals surface area contributed by atoms with Crippen LogP contribution in [0.15, 0.2) is 0 Å². The number of hydroxylamine groups is 2. The van der Waals surface area contributed by atoms with Crippen LogP contribution in [0.25, 0.3) is 0 Å². The van der Waals surface area contributed by atoms with Crippen LogP contribution in [0.4, 0.5) is 0 Å². The normalized spacial score (nSPS) is 12.9. The van der Waals surface area contributed by atoms with Gasteiger partial charge in [-0.05, 0) is 11.8 Å². The highest BCUT2D eigenvalue weighted by atomic mass is 16.7. The van der Waals surface area contributed by atoms with E-state index in [1.165, 1.54) is 25.0 Å². The Labute approximate surface area is 93.7 Å². The van der Waals surface area contributed by atoms with Gasteiger partial charge >= 0.3 is 0 Å². The van der Waals surface area contributed by atoms with Crippen LogP contribution in [-0.2, 0) is 9.63 Å². The van der Waals surface area contributed by atoms with Crippen LogP contribution in [0.1, 0.15) is 46.5 Å².